The van der Waals surface area contributed by atoms with E-state index in [0.717, 1.165) is 13.1 Å². The van der Waals surface area contributed by atoms with E-state index in [1.165, 1.54) is 17.0 Å². The maximum Gasteiger partial charge on any atom is 0.295 e. The van der Waals surface area contributed by atoms with Crippen LogP contribution < -0.4 is 4.74 Å². The van der Waals surface area contributed by atoms with Crippen molar-refractivity contribution in [1.29, 1.82) is 0 Å². The molecule has 2 saturated heterocycles. The number of ether oxygens (including phenoxy) is 2. The van der Waals surface area contributed by atoms with Crippen LogP contribution in [-0.4, -0.2) is 77.7 Å². The van der Waals surface area contributed by atoms with Gasteiger partial charge in [0.1, 0.15) is 17.3 Å². The first kappa shape index (κ1) is 22.8. The molecule has 0 aromatic heterocycles. The highest BCUT2D eigenvalue weighted by molar-refractivity contribution is 6.46. The van der Waals surface area contributed by atoms with Gasteiger partial charge >= 0.3 is 0 Å². The van der Waals surface area contributed by atoms with Gasteiger partial charge in [0, 0.05) is 31.7 Å². The van der Waals surface area contributed by atoms with E-state index in [1.807, 2.05) is 6.92 Å². The fourth-order valence-electron chi connectivity index (χ4n) is 4.24. The molecule has 1 unspecified atom stereocenters. The van der Waals surface area contributed by atoms with Gasteiger partial charge in [-0.1, -0.05) is 24.3 Å². The predicted octanol–water partition coefficient (Wildman–Crippen LogP) is 2.54. The molecule has 2 aromatic carbocycles. The van der Waals surface area contributed by atoms with Gasteiger partial charge in [-0.2, -0.15) is 0 Å². The van der Waals surface area contributed by atoms with Crippen molar-refractivity contribution < 1.29 is 29.3 Å². The van der Waals surface area contributed by atoms with E-state index in [9.17, 15) is 19.8 Å². The number of likely N-dealkylation sites (tertiary alicyclic amines) is 1. The molecule has 1 amide bonds. The molecule has 174 valence electrons. The highest BCUT2D eigenvalue weighted by Gasteiger charge is 2.46. The number of hydrogen-bond donors (Lipinski definition) is 2. The first-order chi connectivity index (χ1) is 16.0. The zero-order valence-corrected chi connectivity index (χ0v) is 18.6. The molecule has 0 radical (unpaired) electrons. The Kier molecular flexibility index (Phi) is 6.96. The largest absolute Gasteiger partial charge is 0.508 e. The van der Waals surface area contributed by atoms with Crippen molar-refractivity contribution in [3.05, 3.63) is 65.2 Å². The number of aliphatic hydroxyl groups excluding tert-OH is 1. The number of aromatic hydroxyl groups is 1. The molecule has 2 fully saturated rings. The van der Waals surface area contributed by atoms with Crippen LogP contribution in [0.1, 0.15) is 24.1 Å². The van der Waals surface area contributed by atoms with Gasteiger partial charge in [-0.3, -0.25) is 14.5 Å². The van der Waals surface area contributed by atoms with Crippen molar-refractivity contribution in [3.8, 4) is 11.5 Å². The number of Topliss-reactive ketones (excluding diaryl/α,β-unsaturated/α-hetero) is 1. The summed E-state index contributed by atoms with van der Waals surface area (Å²) >= 11 is 0. The molecule has 4 rings (SSSR count). The Balaban J connectivity index is 1.73. The Morgan fingerprint density at radius 2 is 1.82 bits per heavy atom. The van der Waals surface area contributed by atoms with E-state index >= 15 is 0 Å². The summed E-state index contributed by atoms with van der Waals surface area (Å²) in [6, 6.07) is 12.4. The van der Waals surface area contributed by atoms with Crippen molar-refractivity contribution in [2.75, 3.05) is 46.0 Å². The highest BCUT2D eigenvalue weighted by atomic mass is 16.5. The SMILES string of the molecule is CCOc1cccc(/C(O)=C2\C(=O)C(=O)N(CCN3CCOCC3)C2c2ccc(O)cc2)c1. The minimum absolute atomic E-state index is 0.0290. The number of benzene rings is 2. The van der Waals surface area contributed by atoms with Gasteiger partial charge in [-0.15, -0.1) is 0 Å². The Morgan fingerprint density at radius 1 is 1.09 bits per heavy atom. The maximum atomic E-state index is 13.1. The van der Waals surface area contributed by atoms with Crippen LogP contribution in [0.5, 0.6) is 11.5 Å². The number of nitrogens with zero attached hydrogens (tertiary/aromatic N) is 2. The van der Waals surface area contributed by atoms with Crippen molar-refractivity contribution in [1.82, 2.24) is 9.80 Å². The number of hydrogen-bond acceptors (Lipinski definition) is 7. The van der Waals surface area contributed by atoms with Gasteiger partial charge in [-0.05, 0) is 36.8 Å². The second-order valence-corrected chi connectivity index (χ2v) is 8.00. The fraction of sp³-hybridized carbons (Fsp3) is 0.360. The molecule has 8 heteroatoms. The van der Waals surface area contributed by atoms with E-state index in [2.05, 4.69) is 4.90 Å². The molecule has 33 heavy (non-hydrogen) atoms. The molecule has 8 nitrogen and oxygen atoms in total. The first-order valence-corrected chi connectivity index (χ1v) is 11.1. The molecule has 2 N–H and O–H groups in total. The van der Waals surface area contributed by atoms with E-state index in [-0.39, 0.29) is 17.1 Å². The van der Waals surface area contributed by atoms with Crippen molar-refractivity contribution in [2.24, 2.45) is 0 Å². The van der Waals surface area contributed by atoms with Crippen LogP contribution in [0.2, 0.25) is 0 Å². The minimum Gasteiger partial charge on any atom is -0.508 e. The Hall–Kier alpha value is -3.36. The van der Waals surface area contributed by atoms with Crippen LogP contribution in [0.25, 0.3) is 5.76 Å². The second kappa shape index (κ2) is 10.1. The van der Waals surface area contributed by atoms with Gasteiger partial charge in [-0.25, -0.2) is 0 Å². The molecule has 0 saturated carbocycles. The summed E-state index contributed by atoms with van der Waals surface area (Å²) in [6.45, 7) is 6.03. The van der Waals surface area contributed by atoms with Gasteiger partial charge in [0.25, 0.3) is 11.7 Å². The smallest absolute Gasteiger partial charge is 0.295 e. The fourth-order valence-corrected chi connectivity index (χ4v) is 4.24. The summed E-state index contributed by atoms with van der Waals surface area (Å²) in [5.41, 5.74) is 1.06. The molecule has 2 aliphatic heterocycles. The average Bonchev–Trinajstić information content (AvgIpc) is 3.08. The first-order valence-electron chi connectivity index (χ1n) is 11.1. The number of phenols is 1. The maximum absolute atomic E-state index is 13.1. The number of phenolic OH excluding ortho intramolecular Hbond substituents is 1. The lowest BCUT2D eigenvalue weighted by atomic mass is 9.95. The number of carbonyl (C=O) groups excluding carboxylic acids is 2. The molecule has 1 atom stereocenters. The summed E-state index contributed by atoms with van der Waals surface area (Å²) in [5.74, 6) is -0.988. The highest BCUT2D eigenvalue weighted by Crippen LogP contribution is 2.40. The topological polar surface area (TPSA) is 99.5 Å². The standard InChI is InChI=1S/C25H28N2O6/c1-2-33-20-5-3-4-18(16-20)23(29)21-22(17-6-8-19(28)9-7-17)27(25(31)24(21)30)11-10-26-12-14-32-15-13-26/h3-9,16,22,28-29H,2,10-15H2,1H3/b23-21+. The van der Waals surface area contributed by atoms with Crippen LogP contribution in [0.3, 0.4) is 0 Å². The third-order valence-corrected chi connectivity index (χ3v) is 5.93. The van der Waals surface area contributed by atoms with Gasteiger partial charge in [0.2, 0.25) is 0 Å². The molecule has 0 aliphatic carbocycles. The van der Waals surface area contributed by atoms with Crippen LogP contribution in [0, 0.1) is 0 Å². The lowest BCUT2D eigenvalue weighted by Crippen LogP contribution is -2.42. The number of carbonyl (C=O) groups is 2. The third-order valence-electron chi connectivity index (χ3n) is 5.93. The Bertz CT molecular complexity index is 1040. The van der Waals surface area contributed by atoms with Crippen molar-refractivity contribution in [3.63, 3.8) is 0 Å². The molecular formula is C25H28N2O6. The van der Waals surface area contributed by atoms with E-state index < -0.39 is 17.7 Å². The summed E-state index contributed by atoms with van der Waals surface area (Å²) in [5, 5.41) is 20.9. The monoisotopic (exact) mass is 452 g/mol. The summed E-state index contributed by atoms with van der Waals surface area (Å²) in [4.78, 5) is 29.9. The minimum atomic E-state index is -0.762. The number of amides is 1. The number of aliphatic hydroxyl groups is 1. The molecule has 0 spiro atoms. The zero-order valence-electron chi connectivity index (χ0n) is 18.6. The average molecular weight is 453 g/mol. The van der Waals surface area contributed by atoms with E-state index in [4.69, 9.17) is 9.47 Å². The van der Waals surface area contributed by atoms with Crippen LogP contribution in [0.4, 0.5) is 0 Å². The normalized spacial score (nSPS) is 20.9. The van der Waals surface area contributed by atoms with Crippen LogP contribution in [0.15, 0.2) is 54.1 Å². The van der Waals surface area contributed by atoms with Crippen LogP contribution >= 0.6 is 0 Å². The van der Waals surface area contributed by atoms with Gasteiger partial charge in [0.05, 0.1) is 31.4 Å². The van der Waals surface area contributed by atoms with Gasteiger partial charge < -0.3 is 24.6 Å². The second-order valence-electron chi connectivity index (χ2n) is 8.00. The number of morpholine rings is 1. The molecule has 0 bridgehead atoms. The summed E-state index contributed by atoms with van der Waals surface area (Å²) < 4.78 is 10.9. The molecule has 2 aromatic rings. The number of rotatable bonds is 7. The molecule has 2 aliphatic rings. The van der Waals surface area contributed by atoms with Gasteiger partial charge in [0.15, 0.2) is 0 Å². The summed E-state index contributed by atoms with van der Waals surface area (Å²) in [6.07, 6.45) is 0. The molecule has 2 heterocycles. The lowest BCUT2D eigenvalue weighted by molar-refractivity contribution is -0.140. The molecular weight excluding hydrogens is 424 g/mol. The predicted molar refractivity (Wildman–Crippen MR) is 122 cm³/mol. The van der Waals surface area contributed by atoms with Crippen molar-refractivity contribution >= 4 is 17.4 Å². The quantitative estimate of drug-likeness (QED) is 0.378. The number of ketones is 1. The van der Waals surface area contributed by atoms with Crippen molar-refractivity contribution in [2.45, 2.75) is 13.0 Å². The zero-order chi connectivity index (χ0) is 23.4. The third kappa shape index (κ3) is 4.86. The van der Waals surface area contributed by atoms with E-state index in [0.29, 0.717) is 49.8 Å². The van der Waals surface area contributed by atoms with Crippen LogP contribution in [-0.2, 0) is 14.3 Å². The summed E-state index contributed by atoms with van der Waals surface area (Å²) in [7, 11) is 0. The Labute approximate surface area is 192 Å². The van der Waals surface area contributed by atoms with E-state index in [1.54, 1.807) is 36.4 Å². The lowest BCUT2D eigenvalue weighted by Gasteiger charge is -2.31. The Morgan fingerprint density at radius 3 is 2.52 bits per heavy atom.